The van der Waals surface area contributed by atoms with Crippen LogP contribution in [0.25, 0.3) is 0 Å². The fourth-order valence-electron chi connectivity index (χ4n) is 3.02. The van der Waals surface area contributed by atoms with Crippen LogP contribution >= 0.6 is 0 Å². The molecule has 0 radical (unpaired) electrons. The Morgan fingerprint density at radius 3 is 2.62 bits per heavy atom. The zero-order valence-electron chi connectivity index (χ0n) is 12.7. The van der Waals surface area contributed by atoms with E-state index in [1.807, 2.05) is 19.2 Å². The minimum atomic E-state index is -0.569. The molecule has 6 heteroatoms. The molecule has 0 aromatic carbocycles. The molecule has 116 valence electrons. The van der Waals surface area contributed by atoms with E-state index < -0.39 is 5.60 Å². The van der Waals surface area contributed by atoms with Gasteiger partial charge in [-0.05, 0) is 13.0 Å². The van der Waals surface area contributed by atoms with Crippen LogP contribution in [0.15, 0.2) is 12.3 Å². The number of rotatable bonds is 3. The molecule has 0 atom stereocenters. The molecule has 21 heavy (non-hydrogen) atoms. The molecule has 2 fully saturated rings. The minimum absolute atomic E-state index is 0.569. The minimum Gasteiger partial charge on any atom is -0.388 e. The Labute approximate surface area is 125 Å². The summed E-state index contributed by atoms with van der Waals surface area (Å²) in [7, 11) is 0. The van der Waals surface area contributed by atoms with Gasteiger partial charge in [-0.3, -0.25) is 4.90 Å². The van der Waals surface area contributed by atoms with Crippen LogP contribution in [0.4, 0.5) is 5.95 Å². The lowest BCUT2D eigenvalue weighted by atomic mass is 9.93. The molecular formula is C15H24N4O2. The third-order valence-electron chi connectivity index (χ3n) is 4.38. The van der Waals surface area contributed by atoms with Crippen molar-refractivity contribution in [3.05, 3.63) is 18.0 Å². The van der Waals surface area contributed by atoms with Crippen LogP contribution in [0.1, 0.15) is 18.5 Å². The number of anilines is 1. The van der Waals surface area contributed by atoms with Crippen molar-refractivity contribution in [3.8, 4) is 0 Å². The highest BCUT2D eigenvalue weighted by atomic mass is 16.5. The van der Waals surface area contributed by atoms with Gasteiger partial charge < -0.3 is 14.7 Å². The Hall–Kier alpha value is -1.24. The van der Waals surface area contributed by atoms with E-state index in [0.717, 1.165) is 57.2 Å². The molecular weight excluding hydrogens is 268 g/mol. The second-order valence-electron chi connectivity index (χ2n) is 6.10. The highest BCUT2D eigenvalue weighted by Crippen LogP contribution is 2.22. The summed E-state index contributed by atoms with van der Waals surface area (Å²) in [6.07, 6.45) is 3.30. The van der Waals surface area contributed by atoms with Crippen LogP contribution in [-0.4, -0.2) is 71.5 Å². The number of hydrogen-bond donors (Lipinski definition) is 1. The van der Waals surface area contributed by atoms with Crippen molar-refractivity contribution in [2.45, 2.75) is 25.4 Å². The molecule has 0 saturated carbocycles. The summed E-state index contributed by atoms with van der Waals surface area (Å²) >= 11 is 0. The SMILES string of the molecule is Cc1ccnc(N2CCN(CC3(O)CCOCC3)CC2)n1. The van der Waals surface area contributed by atoms with E-state index in [4.69, 9.17) is 4.74 Å². The predicted octanol–water partition coefficient (Wildman–Crippen LogP) is 0.449. The molecule has 1 aromatic heterocycles. The monoisotopic (exact) mass is 292 g/mol. The summed E-state index contributed by atoms with van der Waals surface area (Å²) in [5, 5.41) is 10.6. The average molecular weight is 292 g/mol. The summed E-state index contributed by atoms with van der Waals surface area (Å²) in [4.78, 5) is 13.4. The van der Waals surface area contributed by atoms with Gasteiger partial charge in [0.05, 0.1) is 5.60 Å². The zero-order valence-corrected chi connectivity index (χ0v) is 12.7. The molecule has 0 aliphatic carbocycles. The Balaban J connectivity index is 1.53. The summed E-state index contributed by atoms with van der Waals surface area (Å²) in [6.45, 7) is 7.80. The zero-order chi connectivity index (χ0) is 14.7. The normalized spacial score (nSPS) is 23.2. The van der Waals surface area contributed by atoms with Crippen molar-refractivity contribution < 1.29 is 9.84 Å². The molecule has 2 aliphatic rings. The van der Waals surface area contributed by atoms with E-state index in [1.54, 1.807) is 0 Å². The van der Waals surface area contributed by atoms with Crippen LogP contribution in [-0.2, 0) is 4.74 Å². The van der Waals surface area contributed by atoms with Gasteiger partial charge in [-0.1, -0.05) is 0 Å². The van der Waals surface area contributed by atoms with Crippen LogP contribution in [0, 0.1) is 6.92 Å². The fraction of sp³-hybridized carbons (Fsp3) is 0.733. The van der Waals surface area contributed by atoms with E-state index in [9.17, 15) is 5.11 Å². The van der Waals surface area contributed by atoms with Gasteiger partial charge in [-0.25, -0.2) is 9.97 Å². The van der Waals surface area contributed by atoms with Gasteiger partial charge in [-0.2, -0.15) is 0 Å². The molecule has 3 heterocycles. The first kappa shape index (κ1) is 14.7. The van der Waals surface area contributed by atoms with E-state index in [2.05, 4.69) is 19.8 Å². The molecule has 2 aliphatic heterocycles. The van der Waals surface area contributed by atoms with Gasteiger partial charge in [0.2, 0.25) is 5.95 Å². The molecule has 1 aromatic rings. The molecule has 0 bridgehead atoms. The molecule has 6 nitrogen and oxygen atoms in total. The van der Waals surface area contributed by atoms with E-state index in [1.165, 1.54) is 0 Å². The van der Waals surface area contributed by atoms with Gasteiger partial charge in [0, 0.05) is 70.7 Å². The summed E-state index contributed by atoms with van der Waals surface area (Å²) in [5.74, 6) is 0.819. The molecule has 2 saturated heterocycles. The number of aliphatic hydroxyl groups is 1. The Morgan fingerprint density at radius 1 is 1.24 bits per heavy atom. The van der Waals surface area contributed by atoms with Gasteiger partial charge >= 0.3 is 0 Å². The van der Waals surface area contributed by atoms with Crippen LogP contribution in [0.2, 0.25) is 0 Å². The van der Waals surface area contributed by atoms with Gasteiger partial charge in [0.1, 0.15) is 0 Å². The van der Waals surface area contributed by atoms with Gasteiger partial charge in [-0.15, -0.1) is 0 Å². The second-order valence-corrected chi connectivity index (χ2v) is 6.10. The van der Waals surface area contributed by atoms with Crippen LogP contribution in [0.3, 0.4) is 0 Å². The van der Waals surface area contributed by atoms with Crippen molar-refractivity contribution in [2.24, 2.45) is 0 Å². The summed E-state index contributed by atoms with van der Waals surface area (Å²) < 4.78 is 5.34. The first-order valence-electron chi connectivity index (χ1n) is 7.72. The first-order chi connectivity index (χ1) is 10.1. The Bertz CT molecular complexity index is 468. The number of piperazine rings is 1. The quantitative estimate of drug-likeness (QED) is 0.873. The third kappa shape index (κ3) is 3.70. The number of ether oxygens (including phenoxy) is 1. The maximum atomic E-state index is 10.6. The van der Waals surface area contributed by atoms with Crippen molar-refractivity contribution in [1.29, 1.82) is 0 Å². The molecule has 0 spiro atoms. The lowest BCUT2D eigenvalue weighted by molar-refractivity contribution is -0.0802. The number of β-amino-alcohol motifs (C(OH)–C–C–N with tert-alkyl or cyclic N) is 1. The first-order valence-corrected chi connectivity index (χ1v) is 7.72. The molecule has 3 rings (SSSR count). The summed E-state index contributed by atoms with van der Waals surface area (Å²) in [6, 6.07) is 1.92. The number of aromatic nitrogens is 2. The predicted molar refractivity (Wildman–Crippen MR) is 80.4 cm³/mol. The molecule has 0 amide bonds. The van der Waals surface area contributed by atoms with Gasteiger partial charge in [0.25, 0.3) is 0 Å². The standard InChI is InChI=1S/C15H24N4O2/c1-13-2-5-16-14(17-13)19-8-6-18(7-9-19)12-15(20)3-10-21-11-4-15/h2,5,20H,3-4,6-12H2,1H3. The third-order valence-corrected chi connectivity index (χ3v) is 4.38. The van der Waals surface area contributed by atoms with Crippen LogP contribution in [0.5, 0.6) is 0 Å². The highest BCUT2D eigenvalue weighted by Gasteiger charge is 2.33. The van der Waals surface area contributed by atoms with Crippen molar-refractivity contribution in [1.82, 2.24) is 14.9 Å². The molecule has 0 unspecified atom stereocenters. The number of hydrogen-bond acceptors (Lipinski definition) is 6. The Morgan fingerprint density at radius 2 is 1.95 bits per heavy atom. The largest absolute Gasteiger partial charge is 0.388 e. The van der Waals surface area contributed by atoms with Crippen molar-refractivity contribution in [3.63, 3.8) is 0 Å². The number of nitrogens with zero attached hydrogens (tertiary/aromatic N) is 4. The lowest BCUT2D eigenvalue weighted by Gasteiger charge is -2.40. The fourth-order valence-corrected chi connectivity index (χ4v) is 3.02. The average Bonchev–Trinajstić information content (AvgIpc) is 2.48. The summed E-state index contributed by atoms with van der Waals surface area (Å²) in [5.41, 5.74) is 0.430. The topological polar surface area (TPSA) is 61.7 Å². The van der Waals surface area contributed by atoms with Crippen molar-refractivity contribution in [2.75, 3.05) is 50.8 Å². The second kappa shape index (κ2) is 6.25. The smallest absolute Gasteiger partial charge is 0.225 e. The van der Waals surface area contributed by atoms with E-state index in [0.29, 0.717) is 13.2 Å². The highest BCUT2D eigenvalue weighted by molar-refractivity contribution is 5.30. The van der Waals surface area contributed by atoms with Crippen LogP contribution < -0.4 is 4.90 Å². The van der Waals surface area contributed by atoms with E-state index in [-0.39, 0.29) is 0 Å². The lowest BCUT2D eigenvalue weighted by Crippen LogP contribution is -2.53. The number of aryl methyl sites for hydroxylation is 1. The maximum Gasteiger partial charge on any atom is 0.225 e. The Kier molecular flexibility index (Phi) is 4.37. The molecule has 1 N–H and O–H groups in total. The van der Waals surface area contributed by atoms with Crippen molar-refractivity contribution >= 4 is 5.95 Å². The van der Waals surface area contributed by atoms with E-state index >= 15 is 0 Å². The van der Waals surface area contributed by atoms with Gasteiger partial charge in [0.15, 0.2) is 0 Å². The maximum absolute atomic E-state index is 10.6.